The Balaban J connectivity index is 1.93. The van der Waals surface area contributed by atoms with Gasteiger partial charge in [0.25, 0.3) is 5.56 Å². The zero-order valence-electron chi connectivity index (χ0n) is 14.8. The van der Waals surface area contributed by atoms with Crippen LogP contribution in [0.1, 0.15) is 19.4 Å². The van der Waals surface area contributed by atoms with Crippen molar-refractivity contribution in [1.82, 2.24) is 9.38 Å². The predicted molar refractivity (Wildman–Crippen MR) is 105 cm³/mol. The van der Waals surface area contributed by atoms with E-state index in [1.165, 1.54) is 18.3 Å². The van der Waals surface area contributed by atoms with E-state index in [0.717, 1.165) is 11.0 Å². The molecule has 2 aromatic heterocycles. The van der Waals surface area contributed by atoms with Gasteiger partial charge in [0.2, 0.25) is 0 Å². The Labute approximate surface area is 158 Å². The Morgan fingerprint density at radius 3 is 2.81 bits per heavy atom. The Kier molecular flexibility index (Phi) is 4.37. The molecule has 0 bridgehead atoms. The second kappa shape index (κ2) is 6.85. The number of thiazole rings is 1. The summed E-state index contributed by atoms with van der Waals surface area (Å²) in [5.74, 6) is 0.314. The van der Waals surface area contributed by atoms with Crippen molar-refractivity contribution in [3.05, 3.63) is 62.9 Å². The van der Waals surface area contributed by atoms with E-state index < -0.39 is 5.97 Å². The molecule has 2 heterocycles. The number of nitrogens with zero attached hydrogens (tertiary/aromatic N) is 2. The van der Waals surface area contributed by atoms with Gasteiger partial charge in [-0.2, -0.15) is 0 Å². The summed E-state index contributed by atoms with van der Waals surface area (Å²) in [5, 5.41) is 0. The molecule has 4 aromatic rings. The molecule has 0 unspecified atom stereocenters. The van der Waals surface area contributed by atoms with Gasteiger partial charge < -0.3 is 9.47 Å². The van der Waals surface area contributed by atoms with Gasteiger partial charge in [0.15, 0.2) is 16.5 Å². The molecule has 27 heavy (non-hydrogen) atoms. The van der Waals surface area contributed by atoms with E-state index in [1.807, 2.05) is 31.2 Å². The molecule has 136 valence electrons. The van der Waals surface area contributed by atoms with E-state index in [1.54, 1.807) is 28.7 Å². The van der Waals surface area contributed by atoms with E-state index in [2.05, 4.69) is 4.98 Å². The minimum atomic E-state index is -0.453. The molecule has 0 N–H and O–H groups in total. The minimum Gasteiger partial charge on any atom is -0.490 e. The fourth-order valence-corrected chi connectivity index (χ4v) is 3.90. The van der Waals surface area contributed by atoms with E-state index >= 15 is 0 Å². The molecule has 0 radical (unpaired) electrons. The summed E-state index contributed by atoms with van der Waals surface area (Å²) in [4.78, 5) is 29.6. The quantitative estimate of drug-likeness (QED) is 0.402. The van der Waals surface area contributed by atoms with Crippen molar-refractivity contribution < 1.29 is 14.3 Å². The summed E-state index contributed by atoms with van der Waals surface area (Å²) in [7, 11) is 0. The molecule has 6 nitrogen and oxygen atoms in total. The first-order valence-electron chi connectivity index (χ1n) is 8.44. The number of carbonyl (C=O) groups is 1. The zero-order valence-corrected chi connectivity index (χ0v) is 15.6. The smallest absolute Gasteiger partial charge is 0.308 e. The summed E-state index contributed by atoms with van der Waals surface area (Å²) in [6.07, 6.45) is 1.71. The summed E-state index contributed by atoms with van der Waals surface area (Å²) in [5.41, 5.74) is 2.00. The van der Waals surface area contributed by atoms with Crippen molar-refractivity contribution >= 4 is 39.4 Å². The standard InChI is InChI=1S/C20H16N2O4S/c1-3-25-16-10-6-7-13(18(16)26-12(2)23)11-17-19(24)22-15-9-5-4-8-14(15)21-20(22)27-17/h4-11H,3H2,1-2H3/b17-11+. The van der Waals surface area contributed by atoms with Crippen LogP contribution in [0.25, 0.3) is 22.1 Å². The molecule has 0 amide bonds. The third-order valence-corrected chi connectivity index (χ3v) is 4.96. The van der Waals surface area contributed by atoms with E-state index in [9.17, 15) is 9.59 Å². The summed E-state index contributed by atoms with van der Waals surface area (Å²) in [6, 6.07) is 12.8. The zero-order chi connectivity index (χ0) is 19.0. The number of fused-ring (bicyclic) bond motifs is 3. The molecular formula is C20H16N2O4S. The van der Waals surface area contributed by atoms with E-state index in [0.29, 0.717) is 33.2 Å². The van der Waals surface area contributed by atoms with Gasteiger partial charge in [-0.05, 0) is 31.2 Å². The number of hydrogen-bond acceptors (Lipinski definition) is 6. The third kappa shape index (κ3) is 3.06. The number of esters is 1. The first-order chi connectivity index (χ1) is 13.1. The molecule has 0 aliphatic carbocycles. The average Bonchev–Trinajstić information content (AvgIpc) is 3.14. The minimum absolute atomic E-state index is 0.153. The number of benzene rings is 2. The van der Waals surface area contributed by atoms with Crippen LogP contribution in [-0.4, -0.2) is 22.0 Å². The van der Waals surface area contributed by atoms with Crippen molar-refractivity contribution in [2.45, 2.75) is 13.8 Å². The van der Waals surface area contributed by atoms with Crippen molar-refractivity contribution in [2.75, 3.05) is 6.61 Å². The van der Waals surface area contributed by atoms with Crippen LogP contribution in [0.4, 0.5) is 0 Å². The van der Waals surface area contributed by atoms with Gasteiger partial charge in [-0.1, -0.05) is 35.6 Å². The Morgan fingerprint density at radius 2 is 2.04 bits per heavy atom. The monoisotopic (exact) mass is 380 g/mol. The molecule has 0 aliphatic rings. The van der Waals surface area contributed by atoms with E-state index in [-0.39, 0.29) is 5.56 Å². The highest BCUT2D eigenvalue weighted by molar-refractivity contribution is 7.15. The lowest BCUT2D eigenvalue weighted by Gasteiger charge is -2.11. The number of ether oxygens (including phenoxy) is 2. The van der Waals surface area contributed by atoms with Gasteiger partial charge in [0, 0.05) is 12.5 Å². The SMILES string of the molecule is CCOc1cccc(/C=c2/sc3nc4ccccc4n3c2=O)c1OC(C)=O. The van der Waals surface area contributed by atoms with E-state index in [4.69, 9.17) is 9.47 Å². The first-order valence-corrected chi connectivity index (χ1v) is 9.26. The van der Waals surface area contributed by atoms with Gasteiger partial charge in [0.1, 0.15) is 0 Å². The predicted octanol–water partition coefficient (Wildman–Crippen LogP) is 2.78. The fourth-order valence-electron chi connectivity index (χ4n) is 2.92. The second-order valence-electron chi connectivity index (χ2n) is 5.84. The number of aromatic nitrogens is 2. The Bertz CT molecular complexity index is 1270. The van der Waals surface area contributed by atoms with Crippen molar-refractivity contribution in [2.24, 2.45) is 0 Å². The lowest BCUT2D eigenvalue weighted by Crippen LogP contribution is -2.22. The van der Waals surface area contributed by atoms with Crippen LogP contribution < -0.4 is 19.6 Å². The molecule has 7 heteroatoms. The lowest BCUT2D eigenvalue weighted by molar-refractivity contribution is -0.132. The molecule has 4 rings (SSSR count). The maximum atomic E-state index is 12.9. The highest BCUT2D eigenvalue weighted by atomic mass is 32.1. The van der Waals surface area contributed by atoms with Crippen molar-refractivity contribution in [1.29, 1.82) is 0 Å². The molecule has 0 spiro atoms. The van der Waals surface area contributed by atoms with Crippen LogP contribution in [0.3, 0.4) is 0 Å². The van der Waals surface area contributed by atoms with Crippen LogP contribution in [-0.2, 0) is 4.79 Å². The molecular weight excluding hydrogens is 364 g/mol. The Morgan fingerprint density at radius 1 is 1.22 bits per heavy atom. The van der Waals surface area contributed by atoms with Crippen LogP contribution in [0.2, 0.25) is 0 Å². The summed E-state index contributed by atoms with van der Waals surface area (Å²) in [6.45, 7) is 3.61. The molecule has 0 fully saturated rings. The first kappa shape index (κ1) is 17.2. The number of rotatable bonds is 4. The van der Waals surface area contributed by atoms with Crippen LogP contribution in [0.15, 0.2) is 47.3 Å². The largest absolute Gasteiger partial charge is 0.490 e. The number of para-hydroxylation sites is 3. The van der Waals surface area contributed by atoms with Crippen LogP contribution in [0, 0.1) is 0 Å². The number of hydrogen-bond donors (Lipinski definition) is 0. The molecule has 0 saturated carbocycles. The average molecular weight is 380 g/mol. The third-order valence-electron chi connectivity index (χ3n) is 3.99. The highest BCUT2D eigenvalue weighted by Gasteiger charge is 2.14. The molecule has 0 saturated heterocycles. The molecule has 0 atom stereocenters. The number of carbonyl (C=O) groups excluding carboxylic acids is 1. The van der Waals surface area contributed by atoms with Gasteiger partial charge in [-0.3, -0.25) is 9.59 Å². The van der Waals surface area contributed by atoms with Crippen molar-refractivity contribution in [3.63, 3.8) is 0 Å². The fraction of sp³-hybridized carbons (Fsp3) is 0.150. The van der Waals surface area contributed by atoms with Gasteiger partial charge in [-0.25, -0.2) is 9.38 Å². The normalized spacial score (nSPS) is 12.0. The van der Waals surface area contributed by atoms with Crippen LogP contribution in [0.5, 0.6) is 11.5 Å². The maximum Gasteiger partial charge on any atom is 0.308 e. The summed E-state index contributed by atoms with van der Waals surface area (Å²) < 4.78 is 13.0. The maximum absolute atomic E-state index is 12.9. The Hall–Kier alpha value is -3.19. The van der Waals surface area contributed by atoms with Gasteiger partial charge in [-0.15, -0.1) is 0 Å². The highest BCUT2D eigenvalue weighted by Crippen LogP contribution is 2.32. The van der Waals surface area contributed by atoms with Crippen LogP contribution >= 0.6 is 11.3 Å². The second-order valence-corrected chi connectivity index (χ2v) is 6.84. The number of imidazole rings is 1. The van der Waals surface area contributed by atoms with Crippen molar-refractivity contribution in [3.8, 4) is 11.5 Å². The topological polar surface area (TPSA) is 69.9 Å². The summed E-state index contributed by atoms with van der Waals surface area (Å²) >= 11 is 1.29. The lowest BCUT2D eigenvalue weighted by atomic mass is 10.1. The molecule has 0 aliphatic heterocycles. The van der Waals surface area contributed by atoms with Gasteiger partial charge in [0.05, 0.1) is 22.2 Å². The molecule has 2 aromatic carbocycles. The van der Waals surface area contributed by atoms with Gasteiger partial charge >= 0.3 is 5.97 Å².